The van der Waals surface area contributed by atoms with Crippen molar-refractivity contribution in [2.24, 2.45) is 17.8 Å². The summed E-state index contributed by atoms with van der Waals surface area (Å²) in [4.78, 5) is 49.0. The van der Waals surface area contributed by atoms with Crippen LogP contribution in [0.4, 0.5) is 5.69 Å². The van der Waals surface area contributed by atoms with Crippen LogP contribution in [-0.4, -0.2) is 34.5 Å². The summed E-state index contributed by atoms with van der Waals surface area (Å²) < 4.78 is 7.17. The van der Waals surface area contributed by atoms with Crippen LogP contribution < -0.4 is 20.5 Å². The number of para-hydroxylation sites is 4. The van der Waals surface area contributed by atoms with Crippen molar-refractivity contribution >= 4 is 28.4 Å². The van der Waals surface area contributed by atoms with E-state index in [0.717, 1.165) is 5.56 Å². The average Bonchev–Trinajstić information content (AvgIpc) is 3.51. The van der Waals surface area contributed by atoms with Crippen LogP contribution >= 0.6 is 0 Å². The van der Waals surface area contributed by atoms with Gasteiger partial charge in [0.05, 0.1) is 41.2 Å². The van der Waals surface area contributed by atoms with E-state index in [1.807, 2.05) is 48.5 Å². The van der Waals surface area contributed by atoms with Gasteiger partial charge in [-0.3, -0.25) is 24.3 Å². The smallest absolute Gasteiger partial charge is 0.266 e. The molecule has 7 rings (SSSR count). The SMILES string of the molecule is COc1ccccc1N1C(=O)[C@H]2[C@H](CC(C)C)N[C@]3(c4ccccc4-n4c3nc3ccccc3c4=O)[C@H]2C1=O. The normalized spacial score (nSPS) is 25.0. The number of methoxy groups -OCH3 is 1. The first-order valence-electron chi connectivity index (χ1n) is 13.3. The summed E-state index contributed by atoms with van der Waals surface area (Å²) in [7, 11) is 1.53. The minimum Gasteiger partial charge on any atom is -0.495 e. The van der Waals surface area contributed by atoms with Crippen LogP contribution in [-0.2, 0) is 15.1 Å². The average molecular weight is 521 g/mol. The maximum Gasteiger partial charge on any atom is 0.266 e. The lowest BCUT2D eigenvalue weighted by molar-refractivity contribution is -0.123. The van der Waals surface area contributed by atoms with Crippen molar-refractivity contribution in [3.05, 3.63) is 94.5 Å². The van der Waals surface area contributed by atoms with Crippen molar-refractivity contribution in [1.82, 2.24) is 14.9 Å². The van der Waals surface area contributed by atoms with Crippen molar-refractivity contribution in [3.8, 4) is 11.4 Å². The summed E-state index contributed by atoms with van der Waals surface area (Å²) >= 11 is 0. The quantitative estimate of drug-likeness (QED) is 0.412. The highest BCUT2D eigenvalue weighted by atomic mass is 16.5. The molecule has 8 heteroatoms. The molecule has 3 aliphatic rings. The molecule has 8 nitrogen and oxygen atoms in total. The van der Waals surface area contributed by atoms with Crippen molar-refractivity contribution in [2.75, 3.05) is 12.0 Å². The number of benzene rings is 3. The van der Waals surface area contributed by atoms with E-state index >= 15 is 0 Å². The Kier molecular flexibility index (Phi) is 5.09. The third-order valence-corrected chi connectivity index (χ3v) is 8.41. The number of anilines is 1. The Balaban J connectivity index is 1.52. The highest BCUT2D eigenvalue weighted by Crippen LogP contribution is 2.56. The van der Waals surface area contributed by atoms with Crippen LogP contribution in [0.15, 0.2) is 77.6 Å². The number of amides is 2. The molecule has 4 heterocycles. The van der Waals surface area contributed by atoms with E-state index in [0.29, 0.717) is 40.3 Å². The van der Waals surface area contributed by atoms with E-state index in [2.05, 4.69) is 19.2 Å². The van der Waals surface area contributed by atoms with Crippen LogP contribution in [0.2, 0.25) is 0 Å². The second-order valence-corrected chi connectivity index (χ2v) is 11.0. The third kappa shape index (κ3) is 3.03. The summed E-state index contributed by atoms with van der Waals surface area (Å²) in [5, 5.41) is 4.25. The number of hydrogen-bond donors (Lipinski definition) is 1. The molecule has 39 heavy (non-hydrogen) atoms. The van der Waals surface area contributed by atoms with Crippen LogP contribution in [0.5, 0.6) is 5.75 Å². The fraction of sp³-hybridized carbons (Fsp3) is 0.290. The first-order chi connectivity index (χ1) is 18.9. The molecule has 1 aromatic heterocycles. The molecule has 0 bridgehead atoms. The minimum absolute atomic E-state index is 0.191. The molecule has 2 saturated heterocycles. The lowest BCUT2D eigenvalue weighted by Gasteiger charge is -2.32. The van der Waals surface area contributed by atoms with Gasteiger partial charge in [-0.1, -0.05) is 56.3 Å². The topological polar surface area (TPSA) is 93.5 Å². The maximum absolute atomic E-state index is 14.5. The molecule has 1 N–H and O–H groups in total. The highest BCUT2D eigenvalue weighted by Gasteiger charge is 2.69. The summed E-state index contributed by atoms with van der Waals surface area (Å²) in [5.74, 6) is -0.826. The zero-order valence-corrected chi connectivity index (χ0v) is 21.9. The molecule has 0 saturated carbocycles. The van der Waals surface area contributed by atoms with Crippen LogP contribution in [0.3, 0.4) is 0 Å². The van der Waals surface area contributed by atoms with Gasteiger partial charge in [0, 0.05) is 11.6 Å². The van der Waals surface area contributed by atoms with Gasteiger partial charge in [-0.15, -0.1) is 0 Å². The second kappa shape index (κ2) is 8.35. The van der Waals surface area contributed by atoms with Crippen molar-refractivity contribution in [1.29, 1.82) is 0 Å². The Morgan fingerprint density at radius 1 is 0.923 bits per heavy atom. The van der Waals surface area contributed by atoms with Crippen molar-refractivity contribution in [2.45, 2.75) is 31.8 Å². The molecule has 0 unspecified atom stereocenters. The van der Waals surface area contributed by atoms with Gasteiger partial charge < -0.3 is 4.74 Å². The first-order valence-corrected chi connectivity index (χ1v) is 13.3. The lowest BCUT2D eigenvalue weighted by Crippen LogP contribution is -2.50. The molecule has 3 aliphatic heterocycles. The molecule has 4 atom stereocenters. The van der Waals surface area contributed by atoms with E-state index in [-0.39, 0.29) is 29.3 Å². The predicted octanol–water partition coefficient (Wildman–Crippen LogP) is 3.78. The van der Waals surface area contributed by atoms with E-state index in [1.165, 1.54) is 12.0 Å². The summed E-state index contributed by atoms with van der Waals surface area (Å²) in [6.07, 6.45) is 0.682. The fourth-order valence-electron chi connectivity index (χ4n) is 6.98. The molecule has 0 radical (unpaired) electrons. The Hall–Kier alpha value is -4.30. The first kappa shape index (κ1) is 23.8. The van der Waals surface area contributed by atoms with Crippen molar-refractivity contribution in [3.63, 3.8) is 0 Å². The van der Waals surface area contributed by atoms with Gasteiger partial charge in [-0.2, -0.15) is 0 Å². The monoisotopic (exact) mass is 520 g/mol. The third-order valence-electron chi connectivity index (χ3n) is 8.41. The molecular weight excluding hydrogens is 492 g/mol. The summed E-state index contributed by atoms with van der Waals surface area (Å²) in [6, 6.07) is 21.7. The highest BCUT2D eigenvalue weighted by molar-refractivity contribution is 6.24. The Labute approximate surface area is 225 Å². The number of nitrogens with zero attached hydrogens (tertiary/aromatic N) is 3. The van der Waals surface area contributed by atoms with Gasteiger partial charge >= 0.3 is 0 Å². The maximum atomic E-state index is 14.5. The van der Waals surface area contributed by atoms with Crippen LogP contribution in [0.25, 0.3) is 16.6 Å². The predicted molar refractivity (Wildman–Crippen MR) is 147 cm³/mol. The zero-order chi connectivity index (χ0) is 27.1. The number of rotatable bonds is 4. The van der Waals surface area contributed by atoms with E-state index in [1.54, 1.807) is 28.8 Å². The Bertz CT molecular complexity index is 1740. The largest absolute Gasteiger partial charge is 0.495 e. The molecule has 2 amide bonds. The molecule has 4 aromatic rings. The molecule has 3 aromatic carbocycles. The number of ether oxygens (including phenoxy) is 1. The van der Waals surface area contributed by atoms with Crippen molar-refractivity contribution < 1.29 is 14.3 Å². The van der Waals surface area contributed by atoms with Gasteiger partial charge in [0.15, 0.2) is 0 Å². The number of carbonyl (C=O) groups is 2. The molecule has 1 spiro atoms. The molecule has 196 valence electrons. The Morgan fingerprint density at radius 3 is 2.38 bits per heavy atom. The second-order valence-electron chi connectivity index (χ2n) is 11.0. The summed E-state index contributed by atoms with van der Waals surface area (Å²) in [5.41, 5.74) is 1.12. The molecule has 2 fully saturated rings. The fourth-order valence-corrected chi connectivity index (χ4v) is 6.98. The van der Waals surface area contributed by atoms with E-state index < -0.39 is 17.4 Å². The van der Waals surface area contributed by atoms with Gasteiger partial charge in [0.25, 0.3) is 5.56 Å². The standard InChI is InChI=1S/C31H28N4O4/c1-17(2)16-21-25-26(29(38)34(28(25)37)23-14-8-9-15-24(23)39-3)31(33-21)19-11-5-7-13-22(19)35-27(36)18-10-4-6-12-20(18)32-30(31)35/h4-15,17,21,25-26,33H,16H2,1-3H3/t21-,25-,26+,31+/m0/s1. The number of hydrogen-bond acceptors (Lipinski definition) is 6. The number of fused-ring (bicyclic) bond motifs is 8. The molecule has 0 aliphatic carbocycles. The van der Waals surface area contributed by atoms with Gasteiger partial charge in [-0.05, 0) is 42.7 Å². The molecular formula is C31H28N4O4. The summed E-state index contributed by atoms with van der Waals surface area (Å²) in [6.45, 7) is 4.21. The number of carbonyl (C=O) groups excluding carboxylic acids is 2. The van der Waals surface area contributed by atoms with E-state index in [4.69, 9.17) is 9.72 Å². The van der Waals surface area contributed by atoms with Gasteiger partial charge in [0.2, 0.25) is 11.8 Å². The lowest BCUT2D eigenvalue weighted by atomic mass is 9.75. The number of aromatic nitrogens is 2. The van der Waals surface area contributed by atoms with Gasteiger partial charge in [0.1, 0.15) is 17.1 Å². The minimum atomic E-state index is -1.15. The zero-order valence-electron chi connectivity index (χ0n) is 21.9. The van der Waals surface area contributed by atoms with Gasteiger partial charge in [-0.25, -0.2) is 9.88 Å². The van der Waals surface area contributed by atoms with Crippen LogP contribution in [0, 0.1) is 17.8 Å². The van der Waals surface area contributed by atoms with Crippen LogP contribution in [0.1, 0.15) is 31.7 Å². The van der Waals surface area contributed by atoms with E-state index in [9.17, 15) is 14.4 Å². The Morgan fingerprint density at radius 2 is 1.62 bits per heavy atom. The number of nitrogens with one attached hydrogen (secondary N) is 1. The number of imide groups is 1.